The normalized spacial score (nSPS) is 23.5. The highest BCUT2D eigenvalue weighted by atomic mass is 32.2. The van der Waals surface area contributed by atoms with Crippen LogP contribution in [0.2, 0.25) is 0 Å². The molecule has 1 saturated heterocycles. The first-order chi connectivity index (χ1) is 11.6. The highest BCUT2D eigenvalue weighted by Crippen LogP contribution is 2.46. The van der Waals surface area contributed by atoms with E-state index in [1.807, 2.05) is 61.7 Å². The number of carbonyl (C=O) groups excluding carboxylic acids is 1. The van der Waals surface area contributed by atoms with Crippen LogP contribution in [-0.4, -0.2) is 33.9 Å². The van der Waals surface area contributed by atoms with Gasteiger partial charge in [-0.25, -0.2) is 4.21 Å². The van der Waals surface area contributed by atoms with Crippen molar-refractivity contribution in [2.24, 2.45) is 0 Å². The lowest BCUT2D eigenvalue weighted by atomic mass is 10.1. The van der Waals surface area contributed by atoms with E-state index in [0.717, 1.165) is 16.0 Å². The number of rotatable bonds is 5. The molecule has 0 saturated carbocycles. The van der Waals surface area contributed by atoms with Crippen LogP contribution in [0.3, 0.4) is 0 Å². The summed E-state index contributed by atoms with van der Waals surface area (Å²) in [5.74, 6) is -0.352. The lowest BCUT2D eigenvalue weighted by Gasteiger charge is -2.05. The monoisotopic (exact) mass is 361 g/mol. The fraction of sp³-hybridized carbons (Fsp3) is 0.278. The number of ether oxygens (including phenoxy) is 1. The van der Waals surface area contributed by atoms with Crippen LogP contribution in [-0.2, 0) is 20.5 Å². The van der Waals surface area contributed by atoms with Gasteiger partial charge in [0.1, 0.15) is 17.0 Å². The first-order valence-corrected chi connectivity index (χ1v) is 9.88. The zero-order valence-corrected chi connectivity index (χ0v) is 15.4. The number of carbonyl (C=O) groups is 1. The van der Waals surface area contributed by atoms with E-state index in [-0.39, 0.29) is 12.0 Å². The Bertz CT molecular complexity index is 759. The van der Waals surface area contributed by atoms with Crippen LogP contribution in [0.5, 0.6) is 0 Å². The quantitative estimate of drug-likeness (QED) is 0.466. The molecular formula is C18H19NO3S2. The zero-order valence-electron chi connectivity index (χ0n) is 13.8. The number of nitrogens with zero attached hydrogens (tertiary/aromatic N) is 1. The molecule has 0 bridgehead atoms. The summed E-state index contributed by atoms with van der Waals surface area (Å²) < 4.78 is 19.5. The maximum absolute atomic E-state index is 12.9. The Labute approximate surface area is 148 Å². The topological polar surface area (TPSA) is 46.4 Å². The molecule has 1 aliphatic heterocycles. The second kappa shape index (κ2) is 7.09. The summed E-state index contributed by atoms with van der Waals surface area (Å²) in [5.41, 5.74) is 2.08. The van der Waals surface area contributed by atoms with Gasteiger partial charge in [-0.15, -0.1) is 11.8 Å². The Hall–Kier alpha value is -1.63. The van der Waals surface area contributed by atoms with E-state index in [0.29, 0.717) is 4.90 Å². The highest BCUT2D eigenvalue weighted by Gasteiger charge is 2.58. The summed E-state index contributed by atoms with van der Waals surface area (Å²) in [4.78, 5) is 13.9. The number of methoxy groups -OCH3 is 1. The molecule has 1 heterocycles. The third-order valence-electron chi connectivity index (χ3n) is 4.07. The van der Waals surface area contributed by atoms with Crippen LogP contribution in [0, 0.1) is 6.92 Å². The summed E-state index contributed by atoms with van der Waals surface area (Å²) in [6.07, 6.45) is 2.02. The van der Waals surface area contributed by atoms with E-state index in [1.165, 1.54) is 7.11 Å². The van der Waals surface area contributed by atoms with Crippen molar-refractivity contribution in [3.63, 3.8) is 0 Å². The molecule has 0 N–H and O–H groups in total. The molecule has 0 radical (unpaired) electrons. The van der Waals surface area contributed by atoms with Crippen molar-refractivity contribution in [2.75, 3.05) is 13.4 Å². The van der Waals surface area contributed by atoms with Crippen molar-refractivity contribution in [3.05, 3.63) is 59.7 Å². The largest absolute Gasteiger partial charge is 0.468 e. The SMILES string of the molecule is COC(=O)[C@@H]1[C@@H](c2ccc(SC)cc2)N1S(=O)c1ccc(C)cc1. The first-order valence-electron chi connectivity index (χ1n) is 7.55. The van der Waals surface area contributed by atoms with Crippen molar-refractivity contribution in [2.45, 2.75) is 28.8 Å². The van der Waals surface area contributed by atoms with Gasteiger partial charge < -0.3 is 4.74 Å². The number of hydrogen-bond donors (Lipinski definition) is 0. The van der Waals surface area contributed by atoms with Crippen molar-refractivity contribution in [1.29, 1.82) is 0 Å². The van der Waals surface area contributed by atoms with Crippen LogP contribution >= 0.6 is 11.8 Å². The summed E-state index contributed by atoms with van der Waals surface area (Å²) in [6, 6.07) is 14.8. The first kappa shape index (κ1) is 17.2. The maximum atomic E-state index is 12.9. The fourth-order valence-corrected chi connectivity index (χ4v) is 4.50. The standard InChI is InChI=1S/C18H19NO3S2/c1-12-4-10-15(11-5-12)24(21)19-16(17(19)18(20)22-2)13-6-8-14(23-3)9-7-13/h4-11,16-17H,1-3H3/t16-,17+,19?,24?/m1/s1. The average molecular weight is 361 g/mol. The minimum absolute atomic E-state index is 0.213. The zero-order chi connectivity index (χ0) is 17.3. The van der Waals surface area contributed by atoms with Gasteiger partial charge in [-0.05, 0) is 43.0 Å². The number of benzene rings is 2. The Balaban J connectivity index is 1.88. The van der Waals surface area contributed by atoms with Gasteiger partial charge in [0, 0.05) is 4.90 Å². The van der Waals surface area contributed by atoms with Gasteiger partial charge in [-0.3, -0.25) is 4.79 Å². The van der Waals surface area contributed by atoms with E-state index in [2.05, 4.69) is 0 Å². The van der Waals surface area contributed by atoms with Crippen LogP contribution < -0.4 is 0 Å². The molecule has 0 aromatic heterocycles. The average Bonchev–Trinajstić information content (AvgIpc) is 3.36. The van der Waals surface area contributed by atoms with Crippen LogP contribution in [0.1, 0.15) is 17.2 Å². The second-order valence-electron chi connectivity index (χ2n) is 5.61. The Kier molecular flexibility index (Phi) is 5.08. The molecule has 1 fully saturated rings. The molecular weight excluding hydrogens is 342 g/mol. The van der Waals surface area contributed by atoms with Gasteiger partial charge >= 0.3 is 5.97 Å². The Morgan fingerprint density at radius 1 is 1.12 bits per heavy atom. The lowest BCUT2D eigenvalue weighted by Crippen LogP contribution is -2.16. The van der Waals surface area contributed by atoms with E-state index in [4.69, 9.17) is 4.74 Å². The van der Waals surface area contributed by atoms with E-state index < -0.39 is 17.0 Å². The smallest absolute Gasteiger partial charge is 0.326 e. The minimum atomic E-state index is -1.39. The molecule has 6 heteroatoms. The van der Waals surface area contributed by atoms with E-state index in [9.17, 15) is 9.00 Å². The van der Waals surface area contributed by atoms with Gasteiger partial charge in [0.2, 0.25) is 0 Å². The molecule has 3 rings (SSSR count). The van der Waals surface area contributed by atoms with E-state index in [1.54, 1.807) is 16.1 Å². The van der Waals surface area contributed by atoms with Gasteiger partial charge in [0.25, 0.3) is 0 Å². The Morgan fingerprint density at radius 2 is 1.75 bits per heavy atom. The van der Waals surface area contributed by atoms with Crippen LogP contribution in [0.4, 0.5) is 0 Å². The molecule has 0 spiro atoms. The maximum Gasteiger partial charge on any atom is 0.326 e. The van der Waals surface area contributed by atoms with Gasteiger partial charge in [-0.1, -0.05) is 29.8 Å². The summed E-state index contributed by atoms with van der Waals surface area (Å²) >= 11 is 1.66. The van der Waals surface area contributed by atoms with Crippen molar-refractivity contribution in [3.8, 4) is 0 Å². The lowest BCUT2D eigenvalue weighted by molar-refractivity contribution is -0.140. The Morgan fingerprint density at radius 3 is 2.29 bits per heavy atom. The molecule has 126 valence electrons. The van der Waals surface area contributed by atoms with Crippen LogP contribution in [0.25, 0.3) is 0 Å². The predicted molar refractivity (Wildman–Crippen MR) is 96.2 cm³/mol. The molecule has 1 aliphatic rings. The van der Waals surface area contributed by atoms with Crippen molar-refractivity contribution < 1.29 is 13.7 Å². The third kappa shape index (κ3) is 3.27. The molecule has 4 atom stereocenters. The summed E-state index contributed by atoms with van der Waals surface area (Å²) in [5, 5.41) is 0. The minimum Gasteiger partial charge on any atom is -0.468 e. The summed E-state index contributed by atoms with van der Waals surface area (Å²) in [6.45, 7) is 1.98. The van der Waals surface area contributed by atoms with Crippen LogP contribution in [0.15, 0.2) is 58.3 Å². The molecule has 0 aliphatic carbocycles. The number of thioether (sulfide) groups is 1. The van der Waals surface area contributed by atoms with Gasteiger partial charge in [-0.2, -0.15) is 4.31 Å². The second-order valence-corrected chi connectivity index (χ2v) is 7.88. The molecule has 2 aromatic carbocycles. The van der Waals surface area contributed by atoms with Gasteiger partial charge in [0.15, 0.2) is 0 Å². The number of aryl methyl sites for hydroxylation is 1. The predicted octanol–water partition coefficient (Wildman–Crippen LogP) is 3.34. The molecule has 4 nitrogen and oxygen atoms in total. The fourth-order valence-electron chi connectivity index (χ4n) is 2.68. The number of esters is 1. The van der Waals surface area contributed by atoms with Crippen molar-refractivity contribution >= 4 is 28.7 Å². The molecule has 2 unspecified atom stereocenters. The highest BCUT2D eigenvalue weighted by molar-refractivity contribution is 7.98. The molecule has 24 heavy (non-hydrogen) atoms. The van der Waals surface area contributed by atoms with E-state index >= 15 is 0 Å². The third-order valence-corrected chi connectivity index (χ3v) is 6.33. The molecule has 0 amide bonds. The van der Waals surface area contributed by atoms with Gasteiger partial charge in [0.05, 0.1) is 18.0 Å². The molecule has 2 aromatic rings. The van der Waals surface area contributed by atoms with Crippen molar-refractivity contribution in [1.82, 2.24) is 4.31 Å². The number of hydrogen-bond acceptors (Lipinski definition) is 4. The summed E-state index contributed by atoms with van der Waals surface area (Å²) in [7, 11) is -0.0323.